The zero-order valence-corrected chi connectivity index (χ0v) is 14.5. The first-order valence-electron chi connectivity index (χ1n) is 8.49. The number of para-hydroxylation sites is 1. The van der Waals surface area contributed by atoms with Crippen molar-refractivity contribution in [1.82, 2.24) is 5.32 Å². The van der Waals surface area contributed by atoms with E-state index in [0.29, 0.717) is 5.92 Å². The summed E-state index contributed by atoms with van der Waals surface area (Å²) in [4.78, 5) is 2.37. The van der Waals surface area contributed by atoms with Gasteiger partial charge >= 0.3 is 0 Å². The molecule has 0 saturated carbocycles. The predicted molar refractivity (Wildman–Crippen MR) is 98.6 cm³/mol. The van der Waals surface area contributed by atoms with Crippen molar-refractivity contribution in [2.75, 3.05) is 4.90 Å². The molecule has 1 aliphatic rings. The van der Waals surface area contributed by atoms with E-state index in [0.717, 1.165) is 6.42 Å². The van der Waals surface area contributed by atoms with Crippen LogP contribution in [0.2, 0.25) is 0 Å². The quantitative estimate of drug-likeness (QED) is 0.814. The van der Waals surface area contributed by atoms with Crippen LogP contribution < -0.4 is 10.2 Å². The van der Waals surface area contributed by atoms with E-state index in [1.54, 1.807) is 0 Å². The Bertz CT molecular complexity index is 697. The molecule has 1 aliphatic heterocycles. The Morgan fingerprint density at radius 3 is 2.43 bits per heavy atom. The lowest BCUT2D eigenvalue weighted by atomic mass is 9.92. The number of benzene rings is 2. The molecule has 0 aromatic heterocycles. The van der Waals surface area contributed by atoms with E-state index in [2.05, 4.69) is 92.8 Å². The lowest BCUT2D eigenvalue weighted by molar-refractivity contribution is 0.635. The molecule has 3 rings (SSSR count). The number of nitrogens with zero attached hydrogens (tertiary/aromatic N) is 1. The van der Waals surface area contributed by atoms with E-state index in [1.165, 1.54) is 27.9 Å². The highest BCUT2D eigenvalue weighted by Gasteiger charge is 2.26. The van der Waals surface area contributed by atoms with Crippen molar-refractivity contribution in [3.63, 3.8) is 0 Å². The minimum absolute atomic E-state index is 0.167. The Kier molecular flexibility index (Phi) is 4.42. The van der Waals surface area contributed by atoms with Crippen molar-refractivity contribution in [3.8, 4) is 0 Å². The lowest BCUT2D eigenvalue weighted by Crippen LogP contribution is -2.29. The van der Waals surface area contributed by atoms with E-state index < -0.39 is 0 Å². The van der Waals surface area contributed by atoms with Gasteiger partial charge in [0.2, 0.25) is 0 Å². The van der Waals surface area contributed by atoms with Gasteiger partial charge in [-0.1, -0.05) is 56.3 Å². The van der Waals surface area contributed by atoms with Crippen LogP contribution in [0.1, 0.15) is 54.6 Å². The summed E-state index contributed by atoms with van der Waals surface area (Å²) >= 11 is 0. The van der Waals surface area contributed by atoms with Crippen molar-refractivity contribution in [2.45, 2.75) is 46.2 Å². The second-order valence-electron chi connectivity index (χ2n) is 6.47. The van der Waals surface area contributed by atoms with Crippen LogP contribution in [-0.2, 0) is 0 Å². The molecule has 0 saturated heterocycles. The molecule has 0 bridgehead atoms. The lowest BCUT2D eigenvalue weighted by Gasteiger charge is -2.31. The molecule has 120 valence electrons. The van der Waals surface area contributed by atoms with Crippen LogP contribution in [0, 0.1) is 13.8 Å². The number of hydrogen-bond acceptors (Lipinski definition) is 2. The summed E-state index contributed by atoms with van der Waals surface area (Å²) in [5.41, 5.74) is 6.73. The average Bonchev–Trinajstić information content (AvgIpc) is 3.03. The first kappa shape index (κ1) is 15.7. The molecule has 0 aliphatic carbocycles. The van der Waals surface area contributed by atoms with E-state index in [4.69, 9.17) is 0 Å². The van der Waals surface area contributed by atoms with Gasteiger partial charge in [0.1, 0.15) is 6.17 Å². The highest BCUT2D eigenvalue weighted by molar-refractivity contribution is 5.63. The third-order valence-electron chi connectivity index (χ3n) is 4.90. The number of nitrogens with one attached hydrogen (secondary N) is 1. The first-order valence-corrected chi connectivity index (χ1v) is 8.49. The molecule has 2 unspecified atom stereocenters. The molecule has 1 heterocycles. The van der Waals surface area contributed by atoms with Gasteiger partial charge in [-0.3, -0.25) is 0 Å². The Balaban J connectivity index is 2.05. The molecular weight excluding hydrogens is 280 g/mol. The monoisotopic (exact) mass is 306 g/mol. The van der Waals surface area contributed by atoms with Crippen LogP contribution in [0.3, 0.4) is 0 Å². The highest BCUT2D eigenvalue weighted by atomic mass is 15.3. The molecule has 0 radical (unpaired) electrons. The molecular formula is C21H26N2. The van der Waals surface area contributed by atoms with Crippen LogP contribution in [0.15, 0.2) is 54.9 Å². The smallest absolute Gasteiger partial charge is 0.129 e. The number of aryl methyl sites for hydroxylation is 2. The second kappa shape index (κ2) is 6.49. The van der Waals surface area contributed by atoms with E-state index in [9.17, 15) is 0 Å². The number of anilines is 1. The summed E-state index contributed by atoms with van der Waals surface area (Å²) in [6.07, 6.45) is 5.54. The summed E-state index contributed by atoms with van der Waals surface area (Å²) in [6, 6.07) is 15.3. The molecule has 2 nitrogen and oxygen atoms in total. The Morgan fingerprint density at radius 2 is 1.74 bits per heavy atom. The maximum Gasteiger partial charge on any atom is 0.129 e. The second-order valence-corrected chi connectivity index (χ2v) is 6.47. The molecule has 1 N–H and O–H groups in total. The maximum atomic E-state index is 3.54. The zero-order chi connectivity index (χ0) is 16.4. The Morgan fingerprint density at radius 1 is 1.04 bits per heavy atom. The molecule has 2 aromatic carbocycles. The highest BCUT2D eigenvalue weighted by Crippen LogP contribution is 2.36. The molecule has 0 spiro atoms. The zero-order valence-electron chi connectivity index (χ0n) is 14.5. The predicted octanol–water partition coefficient (Wildman–Crippen LogP) is 5.40. The van der Waals surface area contributed by atoms with Crippen LogP contribution in [0.4, 0.5) is 5.69 Å². The summed E-state index contributed by atoms with van der Waals surface area (Å²) in [7, 11) is 0. The molecule has 2 aromatic rings. The van der Waals surface area contributed by atoms with E-state index in [1.807, 2.05) is 0 Å². The van der Waals surface area contributed by atoms with Crippen molar-refractivity contribution in [3.05, 3.63) is 77.1 Å². The third-order valence-corrected chi connectivity index (χ3v) is 4.90. The van der Waals surface area contributed by atoms with Crippen LogP contribution in [0.25, 0.3) is 0 Å². The normalized spacial score (nSPS) is 18.1. The molecule has 2 atom stereocenters. The third kappa shape index (κ3) is 2.86. The van der Waals surface area contributed by atoms with E-state index >= 15 is 0 Å². The molecule has 0 fully saturated rings. The van der Waals surface area contributed by atoms with Gasteiger partial charge in [-0.2, -0.15) is 0 Å². The van der Waals surface area contributed by atoms with Gasteiger partial charge in [0.05, 0.1) is 0 Å². The summed E-state index contributed by atoms with van der Waals surface area (Å²) < 4.78 is 0. The van der Waals surface area contributed by atoms with Crippen LogP contribution in [-0.4, -0.2) is 0 Å². The molecule has 0 amide bonds. The minimum atomic E-state index is 0.167. The average molecular weight is 306 g/mol. The van der Waals surface area contributed by atoms with Crippen molar-refractivity contribution < 1.29 is 0 Å². The first-order chi connectivity index (χ1) is 11.1. The fourth-order valence-electron chi connectivity index (χ4n) is 3.47. The topological polar surface area (TPSA) is 15.3 Å². The Labute approximate surface area is 139 Å². The Hall–Kier alpha value is -2.22. The fourth-order valence-corrected chi connectivity index (χ4v) is 3.47. The van der Waals surface area contributed by atoms with Crippen LogP contribution >= 0.6 is 0 Å². The van der Waals surface area contributed by atoms with Gasteiger partial charge < -0.3 is 10.2 Å². The fraction of sp³-hybridized carbons (Fsp3) is 0.333. The summed E-state index contributed by atoms with van der Waals surface area (Å²) in [5, 5.41) is 3.54. The SMILES string of the molecule is CCC(C)c1ccccc1C1NC=CN1c1c(C)cccc1C. The van der Waals surface area contributed by atoms with Gasteiger partial charge in [-0.05, 0) is 48.4 Å². The van der Waals surface area contributed by atoms with Crippen molar-refractivity contribution in [1.29, 1.82) is 0 Å². The standard InChI is InChI=1S/C21H26N2/c1-5-15(2)18-11-6-7-12-19(18)21-22-13-14-23(21)20-16(3)9-8-10-17(20)4/h6-15,21-22H,5H2,1-4H3. The molecule has 23 heavy (non-hydrogen) atoms. The van der Waals surface area contributed by atoms with Gasteiger partial charge in [-0.15, -0.1) is 0 Å². The van der Waals surface area contributed by atoms with Crippen molar-refractivity contribution >= 4 is 5.69 Å². The van der Waals surface area contributed by atoms with Crippen LogP contribution in [0.5, 0.6) is 0 Å². The molecule has 2 heteroatoms. The van der Waals surface area contributed by atoms with E-state index in [-0.39, 0.29) is 6.17 Å². The van der Waals surface area contributed by atoms with Crippen molar-refractivity contribution in [2.24, 2.45) is 0 Å². The van der Waals surface area contributed by atoms with Gasteiger partial charge in [-0.25, -0.2) is 0 Å². The van der Waals surface area contributed by atoms with Gasteiger partial charge in [0.15, 0.2) is 0 Å². The minimum Gasteiger partial charge on any atom is -0.366 e. The largest absolute Gasteiger partial charge is 0.366 e. The number of hydrogen-bond donors (Lipinski definition) is 1. The van der Waals surface area contributed by atoms with Gasteiger partial charge in [0, 0.05) is 18.1 Å². The number of rotatable bonds is 4. The van der Waals surface area contributed by atoms with Gasteiger partial charge in [0.25, 0.3) is 0 Å². The summed E-state index contributed by atoms with van der Waals surface area (Å²) in [6.45, 7) is 8.94. The maximum absolute atomic E-state index is 3.54. The summed E-state index contributed by atoms with van der Waals surface area (Å²) in [5.74, 6) is 0.563.